The van der Waals surface area contributed by atoms with Crippen LogP contribution in [0.25, 0.3) is 11.3 Å². The van der Waals surface area contributed by atoms with Crippen molar-refractivity contribution in [3.8, 4) is 11.3 Å². The maximum atomic E-state index is 13.0. The minimum absolute atomic E-state index is 0.0840. The Kier molecular flexibility index (Phi) is 7.25. The third-order valence-corrected chi connectivity index (χ3v) is 6.09. The van der Waals surface area contributed by atoms with E-state index in [1.54, 1.807) is 13.8 Å². The van der Waals surface area contributed by atoms with E-state index in [1.807, 2.05) is 56.3 Å². The molecule has 0 saturated heterocycles. The Morgan fingerprint density at radius 2 is 1.66 bits per heavy atom. The third kappa shape index (κ3) is 5.50. The van der Waals surface area contributed by atoms with E-state index in [0.717, 1.165) is 25.8 Å². The molecule has 0 spiro atoms. The first-order valence-electron chi connectivity index (χ1n) is 10.2. The van der Waals surface area contributed by atoms with Gasteiger partial charge in [0.1, 0.15) is 12.2 Å². The second-order valence-corrected chi connectivity index (χ2v) is 8.68. The largest absolute Gasteiger partial charge is 0.324 e. The van der Waals surface area contributed by atoms with E-state index in [9.17, 15) is 14.4 Å². The number of nitrogens with zero attached hydrogens (tertiary/aromatic N) is 2. The molecule has 0 radical (unpaired) electrons. The lowest BCUT2D eigenvalue weighted by molar-refractivity contribution is -0.119. The third-order valence-electron chi connectivity index (χ3n) is 4.84. The van der Waals surface area contributed by atoms with Crippen LogP contribution in [0.4, 0.5) is 11.4 Å². The van der Waals surface area contributed by atoms with Crippen molar-refractivity contribution in [3.05, 3.63) is 74.5 Å². The lowest BCUT2D eigenvalue weighted by atomic mass is 10.1. The number of rotatable bonds is 6. The molecular weight excluding hydrogens is 472 g/mol. The first kappa shape index (κ1) is 23.4. The molecule has 0 unspecified atom stereocenters. The van der Waals surface area contributed by atoms with Crippen LogP contribution in [0.3, 0.4) is 0 Å². The Morgan fingerprint density at radius 3 is 2.25 bits per heavy atom. The number of nitrogens with one attached hydrogen (secondary N) is 2. The van der Waals surface area contributed by atoms with Crippen molar-refractivity contribution in [2.24, 2.45) is 5.92 Å². The van der Waals surface area contributed by atoms with E-state index < -0.39 is 11.5 Å². The fraction of sp³-hybridized carbons (Fsp3) is 0.250. The molecule has 2 N–H and O–H groups in total. The van der Waals surface area contributed by atoms with Gasteiger partial charge in [-0.1, -0.05) is 60.1 Å². The molecule has 0 aliphatic rings. The van der Waals surface area contributed by atoms with Crippen molar-refractivity contribution >= 4 is 39.1 Å². The summed E-state index contributed by atoms with van der Waals surface area (Å²) in [7, 11) is 0. The van der Waals surface area contributed by atoms with Gasteiger partial charge in [-0.05, 0) is 43.2 Å². The average molecular weight is 497 g/mol. The van der Waals surface area contributed by atoms with E-state index >= 15 is 0 Å². The van der Waals surface area contributed by atoms with E-state index in [1.165, 1.54) is 6.07 Å². The van der Waals surface area contributed by atoms with Gasteiger partial charge in [0.05, 0.1) is 5.69 Å². The first-order valence-corrected chi connectivity index (χ1v) is 11.0. The maximum absolute atomic E-state index is 13.0. The van der Waals surface area contributed by atoms with Crippen molar-refractivity contribution < 1.29 is 9.59 Å². The molecule has 0 bridgehead atoms. The molecule has 7 nitrogen and oxygen atoms in total. The van der Waals surface area contributed by atoms with Crippen molar-refractivity contribution in [2.45, 2.75) is 34.2 Å². The lowest BCUT2D eigenvalue weighted by Gasteiger charge is -2.13. The van der Waals surface area contributed by atoms with Crippen molar-refractivity contribution in [2.75, 3.05) is 10.6 Å². The zero-order chi connectivity index (χ0) is 23.4. The zero-order valence-electron chi connectivity index (χ0n) is 18.4. The molecule has 0 atom stereocenters. The maximum Gasteiger partial charge on any atom is 0.291 e. The number of carbonyl (C=O) groups is 2. The van der Waals surface area contributed by atoms with Crippen molar-refractivity contribution in [3.63, 3.8) is 0 Å². The minimum atomic E-state index is -0.544. The van der Waals surface area contributed by atoms with Crippen LogP contribution in [-0.4, -0.2) is 21.6 Å². The normalized spacial score (nSPS) is 10.8. The minimum Gasteiger partial charge on any atom is -0.324 e. The summed E-state index contributed by atoms with van der Waals surface area (Å²) in [5.41, 5.74) is 3.39. The summed E-state index contributed by atoms with van der Waals surface area (Å²) in [6.45, 7) is 7.06. The molecule has 2 aromatic carbocycles. The van der Waals surface area contributed by atoms with Gasteiger partial charge in [0.25, 0.3) is 5.56 Å². The number of carbonyl (C=O) groups excluding carboxylic acids is 2. The molecule has 32 heavy (non-hydrogen) atoms. The molecule has 8 heteroatoms. The quantitative estimate of drug-likeness (QED) is 0.524. The highest BCUT2D eigenvalue weighted by molar-refractivity contribution is 9.10. The molecule has 166 valence electrons. The summed E-state index contributed by atoms with van der Waals surface area (Å²) in [6, 6.07) is 14.5. The van der Waals surface area contributed by atoms with Crippen LogP contribution in [0.2, 0.25) is 0 Å². The predicted octanol–water partition coefficient (Wildman–Crippen LogP) is 4.52. The van der Waals surface area contributed by atoms with Crippen LogP contribution in [-0.2, 0) is 16.1 Å². The fourth-order valence-electron chi connectivity index (χ4n) is 3.12. The van der Waals surface area contributed by atoms with Gasteiger partial charge in [-0.3, -0.25) is 14.4 Å². The molecule has 1 aromatic heterocycles. The highest BCUT2D eigenvalue weighted by atomic mass is 79.9. The smallest absolute Gasteiger partial charge is 0.291 e. The van der Waals surface area contributed by atoms with Crippen LogP contribution in [0.15, 0.2) is 57.8 Å². The molecule has 1 heterocycles. The molecule has 2 amide bonds. The number of hydrogen-bond acceptors (Lipinski definition) is 4. The van der Waals surface area contributed by atoms with Crippen LogP contribution < -0.4 is 16.2 Å². The molecule has 0 saturated carbocycles. The Labute approximate surface area is 195 Å². The molecule has 0 aliphatic heterocycles. The summed E-state index contributed by atoms with van der Waals surface area (Å²) in [4.78, 5) is 37.9. The number of benzene rings is 2. The SMILES string of the molecule is Cc1cc(NC(=O)Cn2nc(-c3ccccc3)cc(NC(=O)C(C)C)c2=O)cc(C)c1Br. The van der Waals surface area contributed by atoms with Crippen molar-refractivity contribution in [1.29, 1.82) is 0 Å². The number of aryl methyl sites for hydroxylation is 2. The highest BCUT2D eigenvalue weighted by Gasteiger charge is 2.16. The summed E-state index contributed by atoms with van der Waals surface area (Å²) in [5, 5.41) is 9.84. The number of aromatic nitrogens is 2. The average Bonchev–Trinajstić information content (AvgIpc) is 2.75. The van der Waals surface area contributed by atoms with Crippen molar-refractivity contribution in [1.82, 2.24) is 9.78 Å². The Balaban J connectivity index is 1.94. The van der Waals surface area contributed by atoms with Gasteiger partial charge in [0, 0.05) is 21.6 Å². The number of halogens is 1. The zero-order valence-corrected chi connectivity index (χ0v) is 20.0. The topological polar surface area (TPSA) is 93.1 Å². The van der Waals surface area contributed by atoms with Gasteiger partial charge in [-0.15, -0.1) is 0 Å². The Bertz CT molecular complexity index is 1200. The second kappa shape index (κ2) is 9.91. The predicted molar refractivity (Wildman–Crippen MR) is 130 cm³/mol. The second-order valence-electron chi connectivity index (χ2n) is 7.89. The van der Waals surface area contributed by atoms with Gasteiger partial charge >= 0.3 is 0 Å². The summed E-state index contributed by atoms with van der Waals surface area (Å²) in [5.74, 6) is -0.987. The van der Waals surface area contributed by atoms with Gasteiger partial charge in [0.2, 0.25) is 11.8 Å². The van der Waals surface area contributed by atoms with Gasteiger partial charge in [-0.2, -0.15) is 5.10 Å². The van der Waals surface area contributed by atoms with E-state index in [4.69, 9.17) is 0 Å². The number of amides is 2. The van der Waals surface area contributed by atoms with Crippen LogP contribution in [0.5, 0.6) is 0 Å². The molecular formula is C24H25BrN4O3. The Hall–Kier alpha value is -3.26. The Morgan fingerprint density at radius 1 is 1.03 bits per heavy atom. The fourth-order valence-corrected chi connectivity index (χ4v) is 3.35. The first-order chi connectivity index (χ1) is 15.2. The van der Waals surface area contributed by atoms with E-state index in [0.29, 0.717) is 11.4 Å². The standard InChI is InChI=1S/C24H25BrN4O3/c1-14(2)23(31)27-20-12-19(17-8-6-5-7-9-17)28-29(24(20)32)13-21(30)26-18-10-15(3)22(25)16(4)11-18/h5-12,14H,13H2,1-4H3,(H,26,30)(H,27,31). The highest BCUT2D eigenvalue weighted by Crippen LogP contribution is 2.25. The summed E-state index contributed by atoms with van der Waals surface area (Å²) in [6.07, 6.45) is 0. The van der Waals surface area contributed by atoms with Gasteiger partial charge in [0.15, 0.2) is 0 Å². The van der Waals surface area contributed by atoms with Gasteiger partial charge in [-0.25, -0.2) is 4.68 Å². The summed E-state index contributed by atoms with van der Waals surface area (Å²) >= 11 is 3.51. The molecule has 3 rings (SSSR count). The lowest BCUT2D eigenvalue weighted by Crippen LogP contribution is -2.33. The molecule has 0 aliphatic carbocycles. The monoisotopic (exact) mass is 496 g/mol. The van der Waals surface area contributed by atoms with Gasteiger partial charge < -0.3 is 10.6 Å². The van der Waals surface area contributed by atoms with E-state index in [-0.39, 0.29) is 24.1 Å². The summed E-state index contributed by atoms with van der Waals surface area (Å²) < 4.78 is 2.06. The van der Waals surface area contributed by atoms with Crippen LogP contribution in [0.1, 0.15) is 25.0 Å². The number of hydrogen-bond donors (Lipinski definition) is 2. The molecule has 3 aromatic rings. The number of anilines is 2. The van der Waals surface area contributed by atoms with Crippen LogP contribution >= 0.6 is 15.9 Å². The van der Waals surface area contributed by atoms with Crippen LogP contribution in [0, 0.1) is 19.8 Å². The van der Waals surface area contributed by atoms with E-state index in [2.05, 4.69) is 31.7 Å². The molecule has 0 fully saturated rings.